The van der Waals surface area contributed by atoms with Crippen LogP contribution in [0.2, 0.25) is 0 Å². The monoisotopic (exact) mass is 516 g/mol. The highest BCUT2D eigenvalue weighted by atomic mass is 16.6. The standard InChI is InChI=1S/C32H40N2O4/c1-23-20-33(18-17-32(23)16-15-25-13-9-10-14-27(25)32)26-19-31(5,34(21-26)29(36)38-30(2,3)4)28(35)37-22-24-11-7-6-8-12-24/h6-16,23,26H,17-22H2,1-5H3/t23-,26?,31?,32-/m0/s1. The van der Waals surface area contributed by atoms with E-state index >= 15 is 0 Å². The van der Waals surface area contributed by atoms with Crippen LogP contribution in [-0.2, 0) is 26.3 Å². The van der Waals surface area contributed by atoms with Crippen molar-refractivity contribution in [3.05, 3.63) is 77.4 Å². The zero-order valence-corrected chi connectivity index (χ0v) is 23.3. The van der Waals surface area contributed by atoms with Gasteiger partial charge in [-0.2, -0.15) is 0 Å². The Kier molecular flexibility index (Phi) is 6.89. The Morgan fingerprint density at radius 1 is 1.03 bits per heavy atom. The van der Waals surface area contributed by atoms with Gasteiger partial charge in [0.1, 0.15) is 17.7 Å². The lowest BCUT2D eigenvalue weighted by molar-refractivity contribution is -0.156. The molecule has 2 aromatic carbocycles. The summed E-state index contributed by atoms with van der Waals surface area (Å²) in [5.41, 5.74) is 1.96. The minimum Gasteiger partial charge on any atom is -0.459 e. The molecule has 2 aliphatic heterocycles. The summed E-state index contributed by atoms with van der Waals surface area (Å²) >= 11 is 0. The van der Waals surface area contributed by atoms with Crippen LogP contribution in [0.3, 0.4) is 0 Å². The van der Waals surface area contributed by atoms with Crippen LogP contribution in [-0.4, -0.2) is 58.7 Å². The molecule has 6 nitrogen and oxygen atoms in total. The molecule has 38 heavy (non-hydrogen) atoms. The van der Waals surface area contributed by atoms with Gasteiger partial charge in [-0.05, 0) is 69.7 Å². The molecule has 0 N–H and O–H groups in total. The molecule has 2 heterocycles. The molecule has 2 saturated heterocycles. The summed E-state index contributed by atoms with van der Waals surface area (Å²) in [6.45, 7) is 12.1. The van der Waals surface area contributed by atoms with Crippen molar-refractivity contribution in [2.75, 3.05) is 19.6 Å². The fraction of sp³-hybridized carbons (Fsp3) is 0.500. The summed E-state index contributed by atoms with van der Waals surface area (Å²) in [5.74, 6) is 0.0203. The van der Waals surface area contributed by atoms with Crippen molar-refractivity contribution < 1.29 is 19.1 Å². The third-order valence-electron chi connectivity index (χ3n) is 8.63. The van der Waals surface area contributed by atoms with Gasteiger partial charge in [0, 0.05) is 24.5 Å². The number of hydrogen-bond donors (Lipinski definition) is 0. The zero-order valence-electron chi connectivity index (χ0n) is 23.3. The summed E-state index contributed by atoms with van der Waals surface area (Å²) < 4.78 is 11.5. The summed E-state index contributed by atoms with van der Waals surface area (Å²) in [6, 6.07) is 18.4. The van der Waals surface area contributed by atoms with Crippen molar-refractivity contribution in [3.8, 4) is 0 Å². The first-order chi connectivity index (χ1) is 18.0. The fourth-order valence-electron chi connectivity index (χ4n) is 6.51. The van der Waals surface area contributed by atoms with Crippen LogP contribution in [0.4, 0.5) is 4.79 Å². The Hall–Kier alpha value is -3.12. The Morgan fingerprint density at radius 3 is 2.45 bits per heavy atom. The third kappa shape index (κ3) is 4.86. The Morgan fingerprint density at radius 2 is 1.74 bits per heavy atom. The van der Waals surface area contributed by atoms with Crippen molar-refractivity contribution >= 4 is 18.1 Å². The number of fused-ring (bicyclic) bond motifs is 2. The molecular formula is C32H40N2O4. The largest absolute Gasteiger partial charge is 0.459 e. The van der Waals surface area contributed by atoms with Gasteiger partial charge in [0.25, 0.3) is 0 Å². The first kappa shape index (κ1) is 26.5. The molecule has 2 aromatic rings. The molecule has 6 heteroatoms. The number of carbonyl (C=O) groups excluding carboxylic acids is 2. The lowest BCUT2D eigenvalue weighted by Crippen LogP contribution is -2.52. The van der Waals surface area contributed by atoms with Crippen molar-refractivity contribution in [1.29, 1.82) is 0 Å². The number of nitrogens with zero attached hydrogens (tertiary/aromatic N) is 2. The van der Waals surface area contributed by atoms with Gasteiger partial charge >= 0.3 is 12.1 Å². The quantitative estimate of drug-likeness (QED) is 0.481. The normalized spacial score (nSPS) is 28.9. The number of piperidine rings is 1. The molecule has 0 saturated carbocycles. The summed E-state index contributed by atoms with van der Waals surface area (Å²) in [6.07, 6.45) is 5.73. The molecule has 1 aliphatic carbocycles. The Bertz CT molecular complexity index is 1220. The average molecular weight is 517 g/mol. The highest BCUT2D eigenvalue weighted by Gasteiger charge is 2.55. The molecule has 3 aliphatic rings. The number of hydrogen-bond acceptors (Lipinski definition) is 5. The van der Waals surface area contributed by atoms with Crippen LogP contribution in [0.1, 0.15) is 64.2 Å². The van der Waals surface area contributed by atoms with Crippen LogP contribution in [0, 0.1) is 5.92 Å². The van der Waals surface area contributed by atoms with E-state index in [1.165, 1.54) is 11.1 Å². The first-order valence-electron chi connectivity index (χ1n) is 13.8. The lowest BCUT2D eigenvalue weighted by Gasteiger charge is -2.46. The number of allylic oxidation sites excluding steroid dienone is 1. The minimum atomic E-state index is -1.10. The molecule has 202 valence electrons. The van der Waals surface area contributed by atoms with Crippen LogP contribution < -0.4 is 0 Å². The topological polar surface area (TPSA) is 59.1 Å². The van der Waals surface area contributed by atoms with E-state index in [2.05, 4.69) is 48.2 Å². The number of rotatable bonds is 4. The maximum atomic E-state index is 13.6. The zero-order chi connectivity index (χ0) is 27.1. The maximum absolute atomic E-state index is 13.6. The van der Waals surface area contributed by atoms with E-state index in [9.17, 15) is 9.59 Å². The molecule has 2 fully saturated rings. The van der Waals surface area contributed by atoms with Gasteiger partial charge < -0.3 is 9.47 Å². The number of benzene rings is 2. The number of amides is 1. The molecule has 1 spiro atoms. The number of carbonyl (C=O) groups is 2. The van der Waals surface area contributed by atoms with Crippen LogP contribution >= 0.6 is 0 Å². The van der Waals surface area contributed by atoms with Gasteiger partial charge in [0.15, 0.2) is 0 Å². The van der Waals surface area contributed by atoms with E-state index in [0.29, 0.717) is 18.9 Å². The van der Waals surface area contributed by atoms with E-state index in [-0.39, 0.29) is 24.0 Å². The highest BCUT2D eigenvalue weighted by molar-refractivity contribution is 5.86. The van der Waals surface area contributed by atoms with Gasteiger partial charge in [-0.25, -0.2) is 9.59 Å². The average Bonchev–Trinajstić information content (AvgIpc) is 3.44. The summed E-state index contributed by atoms with van der Waals surface area (Å²) in [7, 11) is 0. The minimum absolute atomic E-state index is 0.0501. The van der Waals surface area contributed by atoms with Crippen LogP contribution in [0.15, 0.2) is 60.7 Å². The molecular weight excluding hydrogens is 476 g/mol. The van der Waals surface area contributed by atoms with Crippen molar-refractivity contribution in [1.82, 2.24) is 9.80 Å². The summed E-state index contributed by atoms with van der Waals surface area (Å²) in [4.78, 5) is 31.0. The van der Waals surface area contributed by atoms with E-state index in [1.54, 1.807) is 4.90 Å². The highest BCUT2D eigenvalue weighted by Crippen LogP contribution is 2.48. The second-order valence-corrected chi connectivity index (χ2v) is 12.4. The van der Waals surface area contributed by atoms with Gasteiger partial charge in [-0.3, -0.25) is 9.80 Å². The van der Waals surface area contributed by atoms with E-state index in [1.807, 2.05) is 58.0 Å². The predicted octanol–water partition coefficient (Wildman–Crippen LogP) is 5.80. The lowest BCUT2D eigenvalue weighted by atomic mass is 9.68. The van der Waals surface area contributed by atoms with E-state index in [0.717, 1.165) is 25.1 Å². The third-order valence-corrected chi connectivity index (χ3v) is 8.63. The molecule has 2 unspecified atom stereocenters. The molecule has 0 bridgehead atoms. The van der Waals surface area contributed by atoms with E-state index in [4.69, 9.17) is 9.47 Å². The van der Waals surface area contributed by atoms with Crippen molar-refractivity contribution in [3.63, 3.8) is 0 Å². The Balaban J connectivity index is 1.34. The SMILES string of the molecule is C[C@H]1CN(C2CN(C(=O)OC(C)(C)C)C(C)(C(=O)OCc3ccccc3)C2)CC[C@@]12C=Cc1ccccc12. The molecule has 0 aromatic heterocycles. The number of ether oxygens (including phenoxy) is 2. The second-order valence-electron chi connectivity index (χ2n) is 12.4. The maximum Gasteiger partial charge on any atom is 0.411 e. The van der Waals surface area contributed by atoms with Crippen molar-refractivity contribution in [2.24, 2.45) is 5.92 Å². The van der Waals surface area contributed by atoms with Crippen LogP contribution in [0.25, 0.3) is 6.08 Å². The molecule has 0 radical (unpaired) electrons. The number of likely N-dealkylation sites (tertiary alicyclic amines) is 2. The summed E-state index contributed by atoms with van der Waals surface area (Å²) in [5, 5.41) is 0. The fourth-order valence-corrected chi connectivity index (χ4v) is 6.51. The molecule has 1 amide bonds. The smallest absolute Gasteiger partial charge is 0.411 e. The second kappa shape index (κ2) is 9.88. The first-order valence-corrected chi connectivity index (χ1v) is 13.8. The Labute approximate surface area is 226 Å². The van der Waals surface area contributed by atoms with Gasteiger partial charge in [0.2, 0.25) is 0 Å². The predicted molar refractivity (Wildman–Crippen MR) is 148 cm³/mol. The van der Waals surface area contributed by atoms with Gasteiger partial charge in [-0.15, -0.1) is 0 Å². The van der Waals surface area contributed by atoms with Crippen LogP contribution in [0.5, 0.6) is 0 Å². The van der Waals surface area contributed by atoms with Crippen molar-refractivity contribution in [2.45, 2.75) is 76.7 Å². The molecule has 5 rings (SSSR count). The molecule has 4 atom stereocenters. The van der Waals surface area contributed by atoms with Gasteiger partial charge in [0.05, 0.1) is 0 Å². The number of esters is 1. The van der Waals surface area contributed by atoms with Gasteiger partial charge in [-0.1, -0.05) is 73.7 Å². The van der Waals surface area contributed by atoms with E-state index < -0.39 is 17.2 Å².